The lowest BCUT2D eigenvalue weighted by Crippen LogP contribution is -2.34. The van der Waals surface area contributed by atoms with Crippen molar-refractivity contribution in [1.29, 1.82) is 0 Å². The quantitative estimate of drug-likeness (QED) is 0.257. The van der Waals surface area contributed by atoms with Crippen LogP contribution in [0.25, 0.3) is 38.1 Å². The first-order valence-corrected chi connectivity index (χ1v) is 13.0. The Balaban J connectivity index is 1.38. The van der Waals surface area contributed by atoms with Crippen molar-refractivity contribution in [3.63, 3.8) is 0 Å². The molecule has 5 aromatic rings. The Bertz CT molecular complexity index is 1580. The van der Waals surface area contributed by atoms with Crippen molar-refractivity contribution in [3.05, 3.63) is 88.9 Å². The van der Waals surface area contributed by atoms with Gasteiger partial charge < -0.3 is 4.90 Å². The maximum absolute atomic E-state index is 4.95. The maximum atomic E-state index is 4.95. The molecule has 2 aromatic heterocycles. The van der Waals surface area contributed by atoms with Gasteiger partial charge in [0.25, 0.3) is 0 Å². The highest BCUT2D eigenvalue weighted by molar-refractivity contribution is 8.03. The summed E-state index contributed by atoms with van der Waals surface area (Å²) in [4.78, 5) is 8.71. The molecule has 1 aliphatic heterocycles. The largest absolute Gasteiger partial charge is 0.342 e. The van der Waals surface area contributed by atoms with Crippen molar-refractivity contribution < 1.29 is 4.57 Å². The van der Waals surface area contributed by atoms with Crippen LogP contribution in [-0.4, -0.2) is 11.5 Å². The lowest BCUT2D eigenvalue weighted by atomic mass is 10.1. The third-order valence-electron chi connectivity index (χ3n) is 6.13. The number of fused-ring (bicyclic) bond motifs is 5. The number of thiazole rings is 1. The van der Waals surface area contributed by atoms with Crippen LogP contribution in [-0.2, 0) is 6.54 Å². The zero-order valence-electron chi connectivity index (χ0n) is 18.7. The van der Waals surface area contributed by atoms with Crippen molar-refractivity contribution in [2.75, 3.05) is 11.4 Å². The van der Waals surface area contributed by atoms with E-state index in [9.17, 15) is 0 Å². The summed E-state index contributed by atoms with van der Waals surface area (Å²) in [6.07, 6.45) is 6.66. The molecule has 3 nitrogen and oxygen atoms in total. The van der Waals surface area contributed by atoms with E-state index in [4.69, 9.17) is 4.98 Å². The molecule has 0 N–H and O–H groups in total. The van der Waals surface area contributed by atoms with Crippen LogP contribution in [0.4, 0.5) is 5.69 Å². The molecule has 0 saturated heterocycles. The third-order valence-corrected chi connectivity index (χ3v) is 8.33. The lowest BCUT2D eigenvalue weighted by molar-refractivity contribution is -0.666. The number of hydrogen-bond acceptors (Lipinski definition) is 4. The van der Waals surface area contributed by atoms with E-state index >= 15 is 0 Å². The Labute approximate surface area is 201 Å². The minimum Gasteiger partial charge on any atom is -0.335 e. The maximum Gasteiger partial charge on any atom is 0.342 e. The summed E-state index contributed by atoms with van der Waals surface area (Å²) in [5.41, 5.74) is 3.45. The van der Waals surface area contributed by atoms with Crippen molar-refractivity contribution in [3.8, 4) is 0 Å². The molecule has 0 amide bonds. The predicted molar refractivity (Wildman–Crippen MR) is 143 cm³/mol. The summed E-state index contributed by atoms with van der Waals surface area (Å²) in [5.74, 6) is 0. The summed E-state index contributed by atoms with van der Waals surface area (Å²) in [5, 5.41) is 6.30. The summed E-state index contributed by atoms with van der Waals surface area (Å²) in [6, 6.07) is 23.8. The highest BCUT2D eigenvalue weighted by Crippen LogP contribution is 2.49. The molecule has 6 rings (SSSR count). The van der Waals surface area contributed by atoms with E-state index in [2.05, 4.69) is 108 Å². The standard InChI is InChI=1S/C28H24N3S2/c1-3-30-25(32-23-17-16-19-10-5-7-12-21(19)27(23)30)14-9-15-26-31(4-2)28-24(33-26)18-20-11-6-8-13-22(20)29-28/h5-18H,3-4H2,1-2H3/q+1. The summed E-state index contributed by atoms with van der Waals surface area (Å²) >= 11 is 3.66. The molecular weight excluding hydrogens is 442 g/mol. The van der Waals surface area contributed by atoms with E-state index in [0.29, 0.717) is 0 Å². The van der Waals surface area contributed by atoms with Crippen molar-refractivity contribution >= 4 is 66.9 Å². The molecule has 1 aliphatic rings. The van der Waals surface area contributed by atoms with Crippen LogP contribution < -0.4 is 9.47 Å². The average Bonchev–Trinajstić information content (AvgIpc) is 3.39. The monoisotopic (exact) mass is 466 g/mol. The molecule has 0 spiro atoms. The fraction of sp³-hybridized carbons (Fsp3) is 0.143. The van der Waals surface area contributed by atoms with E-state index in [0.717, 1.165) is 24.3 Å². The number of hydrogen-bond donors (Lipinski definition) is 0. The van der Waals surface area contributed by atoms with Gasteiger partial charge >= 0.3 is 5.65 Å². The van der Waals surface area contributed by atoms with Gasteiger partial charge in [-0.1, -0.05) is 77.7 Å². The minimum absolute atomic E-state index is 0.898. The third kappa shape index (κ3) is 3.43. The van der Waals surface area contributed by atoms with Gasteiger partial charge in [0.05, 0.1) is 17.3 Å². The first kappa shape index (κ1) is 20.5. The number of aryl methyl sites for hydroxylation is 1. The Morgan fingerprint density at radius 1 is 0.970 bits per heavy atom. The fourth-order valence-electron chi connectivity index (χ4n) is 4.58. The van der Waals surface area contributed by atoms with Gasteiger partial charge in [-0.2, -0.15) is 0 Å². The second-order valence-corrected chi connectivity index (χ2v) is 10.2. The van der Waals surface area contributed by atoms with Crippen LogP contribution in [0.15, 0.2) is 88.8 Å². The molecule has 0 atom stereocenters. The second kappa shape index (κ2) is 8.32. The molecule has 0 fully saturated rings. The van der Waals surface area contributed by atoms with Crippen LogP contribution in [0.5, 0.6) is 0 Å². The van der Waals surface area contributed by atoms with Gasteiger partial charge in [0.2, 0.25) is 0 Å². The molecule has 3 aromatic carbocycles. The highest BCUT2D eigenvalue weighted by Gasteiger charge is 2.25. The number of benzene rings is 3. The molecule has 0 radical (unpaired) electrons. The molecule has 162 valence electrons. The number of para-hydroxylation sites is 1. The lowest BCUT2D eigenvalue weighted by Gasteiger charge is -2.19. The van der Waals surface area contributed by atoms with Crippen LogP contribution in [0.1, 0.15) is 18.9 Å². The first-order chi connectivity index (χ1) is 16.3. The van der Waals surface area contributed by atoms with E-state index in [1.807, 2.05) is 11.8 Å². The number of rotatable bonds is 4. The summed E-state index contributed by atoms with van der Waals surface area (Å²) < 4.78 is 3.54. The molecule has 0 saturated carbocycles. The molecule has 0 bridgehead atoms. The number of pyridine rings is 1. The van der Waals surface area contributed by atoms with Gasteiger partial charge in [0.15, 0.2) is 10.5 Å². The minimum atomic E-state index is 0.898. The zero-order chi connectivity index (χ0) is 22.4. The fourth-order valence-corrected chi connectivity index (χ4v) is 6.87. The van der Waals surface area contributed by atoms with Crippen molar-refractivity contribution in [2.24, 2.45) is 0 Å². The highest BCUT2D eigenvalue weighted by atomic mass is 32.2. The molecule has 33 heavy (non-hydrogen) atoms. The van der Waals surface area contributed by atoms with Gasteiger partial charge in [-0.05, 0) is 54.6 Å². The summed E-state index contributed by atoms with van der Waals surface area (Å²) in [7, 11) is 0. The van der Waals surface area contributed by atoms with Gasteiger partial charge in [-0.3, -0.25) is 0 Å². The number of aromatic nitrogens is 2. The van der Waals surface area contributed by atoms with Crippen LogP contribution in [0.2, 0.25) is 0 Å². The SMILES string of the molecule is CCN1/C(=C/C=C/c2sc3cc4ccccc4nc3[n+]2CC)Sc2ccc3ccccc3c21. The summed E-state index contributed by atoms with van der Waals surface area (Å²) in [6.45, 7) is 6.26. The van der Waals surface area contributed by atoms with Crippen molar-refractivity contribution in [2.45, 2.75) is 25.3 Å². The number of anilines is 1. The average molecular weight is 467 g/mol. The molecular formula is C28H24N3S2+. The smallest absolute Gasteiger partial charge is 0.335 e. The number of nitrogens with zero attached hydrogens (tertiary/aromatic N) is 3. The van der Waals surface area contributed by atoms with Gasteiger partial charge in [0, 0.05) is 22.2 Å². The van der Waals surface area contributed by atoms with Crippen LogP contribution in [0.3, 0.4) is 0 Å². The molecule has 3 heterocycles. The van der Waals surface area contributed by atoms with E-state index in [1.165, 1.54) is 41.5 Å². The molecule has 0 unspecified atom stereocenters. The number of thioether (sulfide) groups is 1. The Hall–Kier alpha value is -3.15. The van der Waals surface area contributed by atoms with E-state index < -0.39 is 0 Å². The molecule has 5 heteroatoms. The second-order valence-electron chi connectivity index (χ2n) is 8.03. The Morgan fingerprint density at radius 2 is 1.79 bits per heavy atom. The number of allylic oxidation sites excluding steroid dienone is 2. The first-order valence-electron chi connectivity index (χ1n) is 11.3. The zero-order valence-corrected chi connectivity index (χ0v) is 20.3. The Morgan fingerprint density at radius 3 is 2.64 bits per heavy atom. The van der Waals surface area contributed by atoms with Gasteiger partial charge in [-0.25, -0.2) is 4.57 Å². The topological polar surface area (TPSA) is 20.0 Å². The van der Waals surface area contributed by atoms with Crippen molar-refractivity contribution in [1.82, 2.24) is 4.98 Å². The predicted octanol–water partition coefficient (Wildman–Crippen LogP) is 7.40. The van der Waals surface area contributed by atoms with Gasteiger partial charge in [-0.15, -0.1) is 0 Å². The van der Waals surface area contributed by atoms with E-state index in [1.54, 1.807) is 11.3 Å². The van der Waals surface area contributed by atoms with Gasteiger partial charge in [0.1, 0.15) is 4.70 Å². The van der Waals surface area contributed by atoms with Crippen LogP contribution >= 0.6 is 23.1 Å². The molecule has 0 aliphatic carbocycles. The van der Waals surface area contributed by atoms with Crippen LogP contribution in [0, 0.1) is 0 Å². The Kier molecular flexibility index (Phi) is 5.16. The van der Waals surface area contributed by atoms with E-state index in [-0.39, 0.29) is 0 Å². The normalized spacial score (nSPS) is 15.0.